The summed E-state index contributed by atoms with van der Waals surface area (Å²) in [5.41, 5.74) is -0.322. The van der Waals surface area contributed by atoms with Gasteiger partial charge in [-0.3, -0.25) is 0 Å². The summed E-state index contributed by atoms with van der Waals surface area (Å²) in [6.45, 7) is 6.17. The van der Waals surface area contributed by atoms with Crippen LogP contribution in [0, 0.1) is 0 Å². The van der Waals surface area contributed by atoms with Crippen LogP contribution in [0.15, 0.2) is 104 Å². The van der Waals surface area contributed by atoms with Crippen LogP contribution >= 0.6 is 7.26 Å². The highest BCUT2D eigenvalue weighted by molar-refractivity contribution is 7.96. The van der Waals surface area contributed by atoms with Gasteiger partial charge in [0.2, 0.25) is 0 Å². The number of carbonyl (C=O) groups is 1. The molecule has 3 rings (SSSR count). The van der Waals surface area contributed by atoms with Gasteiger partial charge in [-0.1, -0.05) is 60.7 Å². The summed E-state index contributed by atoms with van der Waals surface area (Å²) in [4.78, 5) is 13.3. The Kier molecular flexibility index (Phi) is 8.82. The second-order valence-corrected chi connectivity index (χ2v) is 10.1. The number of allylic oxidation sites excluding steroid dienone is 1. The fourth-order valence-corrected chi connectivity index (χ4v) is 8.54. The summed E-state index contributed by atoms with van der Waals surface area (Å²) in [7, 11) is -2.31. The maximum Gasteiger partial charge on any atom is 0.348 e. The van der Waals surface area contributed by atoms with Crippen molar-refractivity contribution in [3.63, 3.8) is 0 Å². The van der Waals surface area contributed by atoms with Crippen molar-refractivity contribution in [2.24, 2.45) is 0 Å². The van der Waals surface area contributed by atoms with Gasteiger partial charge in [0.1, 0.15) is 23.2 Å². The number of ether oxygens (including phenoxy) is 1. The third kappa shape index (κ3) is 4.69. The van der Waals surface area contributed by atoms with Crippen LogP contribution in [0.3, 0.4) is 0 Å². The molecule has 29 heavy (non-hydrogen) atoms. The Balaban J connectivity index is 0.00000300. The molecular formula is C25H26BrO2P. The molecule has 0 bridgehead atoms. The van der Waals surface area contributed by atoms with Gasteiger partial charge in [-0.05, 0) is 43.3 Å². The first-order chi connectivity index (χ1) is 13.7. The van der Waals surface area contributed by atoms with E-state index in [2.05, 4.69) is 43.0 Å². The van der Waals surface area contributed by atoms with Crippen molar-refractivity contribution < 1.29 is 26.5 Å². The molecular weight excluding hydrogens is 443 g/mol. The van der Waals surface area contributed by atoms with E-state index in [0.29, 0.717) is 13.0 Å². The van der Waals surface area contributed by atoms with Crippen molar-refractivity contribution in [3.05, 3.63) is 104 Å². The van der Waals surface area contributed by atoms with Crippen molar-refractivity contribution in [1.82, 2.24) is 0 Å². The Morgan fingerprint density at radius 1 is 0.862 bits per heavy atom. The van der Waals surface area contributed by atoms with Gasteiger partial charge in [0.15, 0.2) is 5.66 Å². The van der Waals surface area contributed by atoms with Crippen LogP contribution in [-0.4, -0.2) is 18.2 Å². The molecule has 0 aliphatic carbocycles. The van der Waals surface area contributed by atoms with Gasteiger partial charge in [-0.15, -0.1) is 6.58 Å². The first-order valence-electron chi connectivity index (χ1n) is 9.58. The molecule has 0 amide bonds. The number of rotatable bonds is 8. The number of esters is 1. The minimum Gasteiger partial charge on any atom is -1.00 e. The van der Waals surface area contributed by atoms with Gasteiger partial charge in [0.05, 0.1) is 6.61 Å². The largest absolute Gasteiger partial charge is 1.00 e. The van der Waals surface area contributed by atoms with E-state index in [-0.39, 0.29) is 28.6 Å². The van der Waals surface area contributed by atoms with E-state index >= 15 is 0 Å². The molecule has 3 aromatic rings. The Hall–Kier alpha value is -2.22. The number of carbonyl (C=O) groups excluding carboxylic acids is 1. The van der Waals surface area contributed by atoms with Gasteiger partial charge < -0.3 is 21.7 Å². The molecule has 0 aliphatic heterocycles. The molecule has 1 unspecified atom stereocenters. The molecule has 1 atom stereocenters. The monoisotopic (exact) mass is 468 g/mol. The summed E-state index contributed by atoms with van der Waals surface area (Å²) < 4.78 is 5.57. The summed E-state index contributed by atoms with van der Waals surface area (Å²) >= 11 is 0. The van der Waals surface area contributed by atoms with Gasteiger partial charge >= 0.3 is 5.97 Å². The fourth-order valence-electron chi connectivity index (χ4n) is 3.79. The summed E-state index contributed by atoms with van der Waals surface area (Å²) in [6, 6.07) is 31.2. The molecule has 0 saturated carbocycles. The van der Waals surface area contributed by atoms with Crippen LogP contribution in [0.4, 0.5) is 0 Å². The van der Waals surface area contributed by atoms with Crippen molar-refractivity contribution in [3.8, 4) is 0 Å². The zero-order valence-electron chi connectivity index (χ0n) is 16.6. The van der Waals surface area contributed by atoms with Gasteiger partial charge in [0, 0.05) is 6.42 Å². The van der Waals surface area contributed by atoms with Crippen molar-refractivity contribution in [1.29, 1.82) is 0 Å². The smallest absolute Gasteiger partial charge is 0.348 e. The molecule has 0 spiro atoms. The molecule has 150 valence electrons. The van der Waals surface area contributed by atoms with E-state index in [4.69, 9.17) is 4.74 Å². The minimum absolute atomic E-state index is 0. The SMILES string of the molecule is C=CCC(C(=O)OCC)[P+](c1ccccc1)(c1ccccc1)c1ccccc1.[Br-]. The fraction of sp³-hybridized carbons (Fsp3) is 0.160. The number of hydrogen-bond donors (Lipinski definition) is 0. The van der Waals surface area contributed by atoms with E-state index < -0.39 is 7.26 Å². The molecule has 0 heterocycles. The third-order valence-corrected chi connectivity index (χ3v) is 9.60. The molecule has 0 aromatic heterocycles. The normalized spacial score (nSPS) is 11.8. The lowest BCUT2D eigenvalue weighted by atomic mass is 10.3. The van der Waals surface area contributed by atoms with E-state index in [9.17, 15) is 4.79 Å². The molecule has 0 radical (unpaired) electrons. The van der Waals surface area contributed by atoms with Gasteiger partial charge in [-0.2, -0.15) is 0 Å². The highest BCUT2D eigenvalue weighted by Gasteiger charge is 2.55. The Morgan fingerprint density at radius 3 is 1.55 bits per heavy atom. The maximum atomic E-state index is 13.3. The van der Waals surface area contributed by atoms with Gasteiger partial charge in [0.25, 0.3) is 0 Å². The molecule has 0 N–H and O–H groups in total. The second-order valence-electron chi connectivity index (χ2n) is 6.52. The Labute approximate surface area is 184 Å². The van der Waals surface area contributed by atoms with Crippen LogP contribution in [0.2, 0.25) is 0 Å². The van der Waals surface area contributed by atoms with E-state index in [1.807, 2.05) is 67.6 Å². The lowest BCUT2D eigenvalue weighted by Gasteiger charge is -2.33. The van der Waals surface area contributed by atoms with E-state index in [1.54, 1.807) is 0 Å². The molecule has 0 fully saturated rings. The van der Waals surface area contributed by atoms with Crippen LogP contribution in [0.1, 0.15) is 13.3 Å². The van der Waals surface area contributed by atoms with E-state index in [1.165, 1.54) is 15.9 Å². The topological polar surface area (TPSA) is 26.3 Å². The quantitative estimate of drug-likeness (QED) is 0.284. The van der Waals surface area contributed by atoms with Crippen LogP contribution in [-0.2, 0) is 9.53 Å². The number of halogens is 1. The van der Waals surface area contributed by atoms with Crippen molar-refractivity contribution >= 4 is 29.1 Å². The first-order valence-corrected chi connectivity index (χ1v) is 11.4. The highest BCUT2D eigenvalue weighted by atomic mass is 79.9. The zero-order chi connectivity index (χ0) is 19.8. The zero-order valence-corrected chi connectivity index (χ0v) is 19.1. The van der Waals surface area contributed by atoms with Crippen molar-refractivity contribution in [2.75, 3.05) is 6.61 Å². The third-order valence-electron chi connectivity index (χ3n) is 4.91. The predicted octanol–water partition coefficient (Wildman–Crippen LogP) is 1.49. The second kappa shape index (κ2) is 11.1. The number of benzene rings is 3. The summed E-state index contributed by atoms with van der Waals surface area (Å²) in [5.74, 6) is -0.160. The standard InChI is InChI=1S/C25H26O2P.BrH/c1-3-14-24(25(26)27-4-2)28(21-15-8-5-9-16-21,22-17-10-6-11-18-22)23-19-12-7-13-20-23;/h3,5-13,15-20,24H,1,4,14H2,2H3;1H/q+1;/p-1. The minimum atomic E-state index is -2.31. The number of hydrogen-bond acceptors (Lipinski definition) is 2. The Morgan fingerprint density at radius 2 is 1.24 bits per heavy atom. The van der Waals surface area contributed by atoms with Crippen molar-refractivity contribution in [2.45, 2.75) is 19.0 Å². The molecule has 0 saturated heterocycles. The lowest BCUT2D eigenvalue weighted by Crippen LogP contribution is -3.00. The molecule has 0 aliphatic rings. The highest BCUT2D eigenvalue weighted by Crippen LogP contribution is 2.61. The summed E-state index contributed by atoms with van der Waals surface area (Å²) in [6.07, 6.45) is 2.40. The van der Waals surface area contributed by atoms with Crippen LogP contribution in [0.25, 0.3) is 0 Å². The van der Waals surface area contributed by atoms with Gasteiger partial charge in [-0.25, -0.2) is 4.79 Å². The average molecular weight is 469 g/mol. The maximum absolute atomic E-state index is 13.3. The predicted molar refractivity (Wildman–Crippen MR) is 120 cm³/mol. The Bertz CT molecular complexity index is 801. The molecule has 3 aromatic carbocycles. The lowest BCUT2D eigenvalue weighted by molar-refractivity contribution is -0.142. The first kappa shape index (κ1) is 23.1. The molecule has 2 nitrogen and oxygen atoms in total. The van der Waals surface area contributed by atoms with Crippen LogP contribution < -0.4 is 32.9 Å². The van der Waals surface area contributed by atoms with E-state index in [0.717, 1.165) is 0 Å². The van der Waals surface area contributed by atoms with Crippen LogP contribution in [0.5, 0.6) is 0 Å². The average Bonchev–Trinajstić information content (AvgIpc) is 2.76. The summed E-state index contributed by atoms with van der Waals surface area (Å²) in [5, 5.41) is 3.52. The molecule has 4 heteroatoms.